The highest BCUT2D eigenvalue weighted by Crippen LogP contribution is 2.20. The van der Waals surface area contributed by atoms with Crippen LogP contribution in [0, 0.1) is 11.6 Å². The molecule has 1 amide bonds. The molecule has 150 valence electrons. The molecule has 0 spiro atoms. The number of thioether (sulfide) groups is 1. The SMILES string of the molecule is O=C(CSCc1ccccn1)N1CCN(S(=O)(=O)c2ccc(F)c(F)c2)CC1. The van der Waals surface area contributed by atoms with Crippen LogP contribution >= 0.6 is 11.8 Å². The number of amides is 1. The first-order chi connectivity index (χ1) is 13.4. The predicted molar refractivity (Wildman–Crippen MR) is 102 cm³/mol. The van der Waals surface area contributed by atoms with Crippen molar-refractivity contribution >= 4 is 27.7 Å². The predicted octanol–water partition coefficient (Wildman–Crippen LogP) is 2.13. The van der Waals surface area contributed by atoms with Gasteiger partial charge in [-0.25, -0.2) is 17.2 Å². The summed E-state index contributed by atoms with van der Waals surface area (Å²) >= 11 is 1.45. The summed E-state index contributed by atoms with van der Waals surface area (Å²) in [5, 5.41) is 0. The van der Waals surface area contributed by atoms with Gasteiger partial charge in [0.25, 0.3) is 0 Å². The molecule has 0 bridgehead atoms. The number of hydrogen-bond donors (Lipinski definition) is 0. The van der Waals surface area contributed by atoms with Crippen LogP contribution in [0.4, 0.5) is 8.78 Å². The van der Waals surface area contributed by atoms with E-state index >= 15 is 0 Å². The van der Waals surface area contributed by atoms with Crippen molar-refractivity contribution in [2.24, 2.45) is 0 Å². The molecule has 0 unspecified atom stereocenters. The van der Waals surface area contributed by atoms with Crippen LogP contribution in [0.3, 0.4) is 0 Å². The lowest BCUT2D eigenvalue weighted by Gasteiger charge is -2.34. The summed E-state index contributed by atoms with van der Waals surface area (Å²) in [5.74, 6) is -1.47. The number of aromatic nitrogens is 1. The second-order valence-corrected chi connectivity index (χ2v) is 9.10. The lowest BCUT2D eigenvalue weighted by molar-refractivity contribution is -0.129. The van der Waals surface area contributed by atoms with E-state index in [1.165, 1.54) is 16.1 Å². The van der Waals surface area contributed by atoms with E-state index in [0.29, 0.717) is 11.8 Å². The Balaban J connectivity index is 1.52. The second kappa shape index (κ2) is 8.97. The molecule has 1 saturated heterocycles. The molecule has 1 aliphatic rings. The summed E-state index contributed by atoms with van der Waals surface area (Å²) < 4.78 is 52.8. The van der Waals surface area contributed by atoms with Crippen LogP contribution in [-0.2, 0) is 20.6 Å². The molecule has 0 saturated carbocycles. The van der Waals surface area contributed by atoms with Crippen LogP contribution in [0.5, 0.6) is 0 Å². The lowest BCUT2D eigenvalue weighted by atomic mass is 10.3. The van der Waals surface area contributed by atoms with Gasteiger partial charge in [0.05, 0.1) is 16.3 Å². The van der Waals surface area contributed by atoms with E-state index in [1.807, 2.05) is 18.2 Å². The Labute approximate surface area is 166 Å². The van der Waals surface area contributed by atoms with Gasteiger partial charge in [0.15, 0.2) is 11.6 Å². The van der Waals surface area contributed by atoms with E-state index in [2.05, 4.69) is 4.98 Å². The van der Waals surface area contributed by atoms with E-state index in [1.54, 1.807) is 11.1 Å². The average Bonchev–Trinajstić information content (AvgIpc) is 2.71. The van der Waals surface area contributed by atoms with Crippen LogP contribution in [0.1, 0.15) is 5.69 Å². The third-order valence-corrected chi connectivity index (χ3v) is 7.17. The highest BCUT2D eigenvalue weighted by atomic mass is 32.2. The van der Waals surface area contributed by atoms with Gasteiger partial charge in [0, 0.05) is 38.1 Å². The number of halogens is 2. The molecule has 0 atom stereocenters. The molecular formula is C18H19F2N3O3S2. The summed E-state index contributed by atoms with van der Waals surface area (Å²) in [5.41, 5.74) is 0.891. The number of hydrogen-bond acceptors (Lipinski definition) is 5. The monoisotopic (exact) mass is 427 g/mol. The maximum Gasteiger partial charge on any atom is 0.243 e. The van der Waals surface area contributed by atoms with Crippen molar-refractivity contribution < 1.29 is 22.0 Å². The lowest BCUT2D eigenvalue weighted by Crippen LogP contribution is -2.51. The molecule has 10 heteroatoms. The molecule has 2 heterocycles. The first-order valence-electron chi connectivity index (χ1n) is 8.58. The summed E-state index contributed by atoms with van der Waals surface area (Å²) in [6, 6.07) is 8.11. The van der Waals surface area contributed by atoms with Crippen molar-refractivity contribution in [3.05, 3.63) is 59.9 Å². The molecule has 1 aromatic carbocycles. The molecule has 0 radical (unpaired) electrons. The van der Waals surface area contributed by atoms with Gasteiger partial charge in [-0.15, -0.1) is 11.8 Å². The van der Waals surface area contributed by atoms with Gasteiger partial charge < -0.3 is 4.90 Å². The van der Waals surface area contributed by atoms with Crippen LogP contribution in [0.2, 0.25) is 0 Å². The molecule has 1 aromatic heterocycles. The maximum atomic E-state index is 13.4. The molecule has 1 aliphatic heterocycles. The molecule has 28 heavy (non-hydrogen) atoms. The molecule has 6 nitrogen and oxygen atoms in total. The van der Waals surface area contributed by atoms with Crippen molar-refractivity contribution in [3.63, 3.8) is 0 Å². The molecule has 0 N–H and O–H groups in total. The van der Waals surface area contributed by atoms with Crippen LogP contribution in [0.25, 0.3) is 0 Å². The van der Waals surface area contributed by atoms with E-state index in [4.69, 9.17) is 0 Å². The summed E-state index contributed by atoms with van der Waals surface area (Å²) in [6.45, 7) is 0.730. The second-order valence-electron chi connectivity index (χ2n) is 6.17. The zero-order chi connectivity index (χ0) is 20.1. The molecular weight excluding hydrogens is 408 g/mol. The number of pyridine rings is 1. The van der Waals surface area contributed by atoms with Gasteiger partial charge >= 0.3 is 0 Å². The third-order valence-electron chi connectivity index (χ3n) is 4.32. The topological polar surface area (TPSA) is 70.6 Å². The average molecular weight is 427 g/mol. The highest BCUT2D eigenvalue weighted by Gasteiger charge is 2.30. The number of carbonyl (C=O) groups excluding carboxylic acids is 1. The van der Waals surface area contributed by atoms with Gasteiger partial charge in [-0.1, -0.05) is 6.07 Å². The zero-order valence-electron chi connectivity index (χ0n) is 14.9. The third kappa shape index (κ3) is 4.86. The van der Waals surface area contributed by atoms with Gasteiger partial charge in [-0.2, -0.15) is 4.31 Å². The Morgan fingerprint density at radius 3 is 2.46 bits per heavy atom. The first kappa shape index (κ1) is 20.7. The van der Waals surface area contributed by atoms with Crippen LogP contribution in [-0.4, -0.2) is 60.4 Å². The molecule has 2 aromatic rings. The molecule has 0 aliphatic carbocycles. The van der Waals surface area contributed by atoms with E-state index in [-0.39, 0.29) is 42.7 Å². The Bertz CT molecular complexity index is 934. The number of nitrogens with zero attached hydrogens (tertiary/aromatic N) is 3. The normalized spacial score (nSPS) is 15.6. The summed E-state index contributed by atoms with van der Waals surface area (Å²) in [6.07, 6.45) is 1.70. The van der Waals surface area contributed by atoms with Crippen molar-refractivity contribution in [3.8, 4) is 0 Å². The fourth-order valence-corrected chi connectivity index (χ4v) is 5.06. The van der Waals surface area contributed by atoms with Crippen molar-refractivity contribution in [2.45, 2.75) is 10.6 Å². The van der Waals surface area contributed by atoms with Gasteiger partial charge in [-0.05, 0) is 30.3 Å². The van der Waals surface area contributed by atoms with Crippen molar-refractivity contribution in [2.75, 3.05) is 31.9 Å². The van der Waals surface area contributed by atoms with E-state index in [0.717, 1.165) is 17.8 Å². The minimum absolute atomic E-state index is 0.0641. The number of carbonyl (C=O) groups is 1. The minimum Gasteiger partial charge on any atom is -0.339 e. The quantitative estimate of drug-likeness (QED) is 0.706. The van der Waals surface area contributed by atoms with Crippen molar-refractivity contribution in [1.82, 2.24) is 14.2 Å². The van der Waals surface area contributed by atoms with Crippen molar-refractivity contribution in [1.29, 1.82) is 0 Å². The summed E-state index contributed by atoms with van der Waals surface area (Å²) in [4.78, 5) is 17.8. The Hall–Kier alpha value is -2.04. The number of sulfonamides is 1. The minimum atomic E-state index is -3.93. The Morgan fingerprint density at radius 2 is 1.82 bits per heavy atom. The Morgan fingerprint density at radius 1 is 1.07 bits per heavy atom. The fraction of sp³-hybridized carbons (Fsp3) is 0.333. The smallest absolute Gasteiger partial charge is 0.243 e. The summed E-state index contributed by atoms with van der Waals surface area (Å²) in [7, 11) is -3.93. The number of benzene rings is 1. The highest BCUT2D eigenvalue weighted by molar-refractivity contribution is 7.99. The van der Waals surface area contributed by atoms with E-state index in [9.17, 15) is 22.0 Å². The van der Waals surface area contributed by atoms with Gasteiger partial charge in [0.2, 0.25) is 15.9 Å². The Kier molecular flexibility index (Phi) is 6.63. The fourth-order valence-electron chi connectivity index (χ4n) is 2.78. The van der Waals surface area contributed by atoms with E-state index < -0.39 is 21.7 Å². The molecule has 3 rings (SSSR count). The van der Waals surface area contributed by atoms with Gasteiger partial charge in [0.1, 0.15) is 0 Å². The van der Waals surface area contributed by atoms with Crippen LogP contribution < -0.4 is 0 Å². The van der Waals surface area contributed by atoms with Crippen LogP contribution in [0.15, 0.2) is 47.5 Å². The number of rotatable bonds is 6. The largest absolute Gasteiger partial charge is 0.339 e. The zero-order valence-corrected chi connectivity index (χ0v) is 16.6. The van der Waals surface area contributed by atoms with Gasteiger partial charge in [-0.3, -0.25) is 9.78 Å². The first-order valence-corrected chi connectivity index (χ1v) is 11.2. The molecule has 1 fully saturated rings. The number of piperazine rings is 1. The maximum absolute atomic E-state index is 13.4. The standard InChI is InChI=1S/C18H19F2N3O3S2/c19-16-5-4-15(11-17(16)20)28(25,26)23-9-7-22(8-10-23)18(24)13-27-12-14-3-1-2-6-21-14/h1-6,11H,7-10,12-13H2.